The van der Waals surface area contributed by atoms with Crippen molar-refractivity contribution in [1.82, 2.24) is 20.4 Å². The van der Waals surface area contributed by atoms with Gasteiger partial charge in [-0.3, -0.25) is 16.0 Å². The van der Waals surface area contributed by atoms with Crippen molar-refractivity contribution in [3.63, 3.8) is 0 Å². The lowest BCUT2D eigenvalue weighted by atomic mass is 10.1. The Kier molecular flexibility index (Phi) is 5.99. The third kappa shape index (κ3) is 4.69. The third-order valence-corrected chi connectivity index (χ3v) is 2.30. The maximum Gasteiger partial charge on any atom is 0.0843 e. The molecular formula is C10H21N5O. The lowest BCUT2D eigenvalue weighted by Gasteiger charge is -2.14. The molecule has 1 aromatic rings. The number of ether oxygens (including phenoxy) is 1. The van der Waals surface area contributed by atoms with Crippen LogP contribution in [0.25, 0.3) is 0 Å². The predicted molar refractivity (Wildman–Crippen MR) is 61.5 cm³/mol. The lowest BCUT2D eigenvalue weighted by Crippen LogP contribution is -2.37. The van der Waals surface area contributed by atoms with Crippen LogP contribution in [0.1, 0.15) is 25.5 Å². The van der Waals surface area contributed by atoms with Crippen molar-refractivity contribution < 1.29 is 4.74 Å². The number of hydrazine groups is 1. The van der Waals surface area contributed by atoms with Gasteiger partial charge in [0.15, 0.2) is 0 Å². The molecule has 0 radical (unpaired) electrons. The van der Waals surface area contributed by atoms with Gasteiger partial charge < -0.3 is 4.74 Å². The van der Waals surface area contributed by atoms with Gasteiger partial charge in [0, 0.05) is 38.9 Å². The number of nitrogens with two attached hydrogens (primary N) is 1. The lowest BCUT2D eigenvalue weighted by molar-refractivity contribution is 0.124. The van der Waals surface area contributed by atoms with Crippen molar-refractivity contribution in [2.45, 2.75) is 32.2 Å². The Labute approximate surface area is 96.1 Å². The van der Waals surface area contributed by atoms with Crippen LogP contribution in [-0.2, 0) is 18.2 Å². The smallest absolute Gasteiger partial charge is 0.0843 e. The van der Waals surface area contributed by atoms with E-state index < -0.39 is 0 Å². The fourth-order valence-electron chi connectivity index (χ4n) is 1.46. The summed E-state index contributed by atoms with van der Waals surface area (Å²) in [6, 6.07) is 0.188. The van der Waals surface area contributed by atoms with E-state index in [4.69, 9.17) is 10.6 Å². The zero-order chi connectivity index (χ0) is 11.8. The first kappa shape index (κ1) is 13.1. The first-order valence-electron chi connectivity index (χ1n) is 5.65. The third-order valence-electron chi connectivity index (χ3n) is 2.30. The monoisotopic (exact) mass is 227 g/mol. The van der Waals surface area contributed by atoms with E-state index in [0.717, 1.165) is 38.2 Å². The molecular weight excluding hydrogens is 206 g/mol. The Balaban J connectivity index is 2.26. The van der Waals surface area contributed by atoms with Crippen molar-refractivity contribution >= 4 is 0 Å². The second-order valence-electron chi connectivity index (χ2n) is 3.85. The minimum absolute atomic E-state index is 0.188. The molecule has 0 aliphatic heterocycles. The van der Waals surface area contributed by atoms with E-state index >= 15 is 0 Å². The van der Waals surface area contributed by atoms with Crippen LogP contribution in [0.2, 0.25) is 0 Å². The maximum atomic E-state index is 5.48. The Hall–Kier alpha value is -0.980. The molecule has 6 heteroatoms. The van der Waals surface area contributed by atoms with Gasteiger partial charge in [-0.1, -0.05) is 12.1 Å². The molecule has 0 fully saturated rings. The van der Waals surface area contributed by atoms with Crippen molar-refractivity contribution in [1.29, 1.82) is 0 Å². The Bertz CT molecular complexity index is 288. The molecule has 0 aliphatic carbocycles. The number of hydrogen-bond donors (Lipinski definition) is 2. The first-order chi connectivity index (χ1) is 7.76. The largest absolute Gasteiger partial charge is 0.381 e. The van der Waals surface area contributed by atoms with Gasteiger partial charge in [0.1, 0.15) is 0 Å². The fraction of sp³-hybridized carbons (Fsp3) is 0.800. The van der Waals surface area contributed by atoms with Crippen LogP contribution in [0, 0.1) is 0 Å². The second-order valence-corrected chi connectivity index (χ2v) is 3.85. The molecule has 0 bridgehead atoms. The highest BCUT2D eigenvalue weighted by molar-refractivity contribution is 4.95. The Morgan fingerprint density at radius 1 is 1.56 bits per heavy atom. The Morgan fingerprint density at radius 3 is 2.94 bits per heavy atom. The zero-order valence-electron chi connectivity index (χ0n) is 10.0. The average molecular weight is 227 g/mol. The molecule has 0 saturated carbocycles. The molecule has 0 spiro atoms. The van der Waals surface area contributed by atoms with Gasteiger partial charge >= 0.3 is 0 Å². The summed E-state index contributed by atoms with van der Waals surface area (Å²) in [5, 5.41) is 7.91. The summed E-state index contributed by atoms with van der Waals surface area (Å²) < 4.78 is 7.11. The highest BCUT2D eigenvalue weighted by atomic mass is 16.5. The first-order valence-corrected chi connectivity index (χ1v) is 5.65. The highest BCUT2D eigenvalue weighted by Gasteiger charge is 2.09. The van der Waals surface area contributed by atoms with Crippen LogP contribution in [0.15, 0.2) is 6.20 Å². The summed E-state index contributed by atoms with van der Waals surface area (Å²) in [5.41, 5.74) is 3.72. The zero-order valence-corrected chi connectivity index (χ0v) is 10.0. The van der Waals surface area contributed by atoms with Crippen molar-refractivity contribution in [3.8, 4) is 0 Å². The van der Waals surface area contributed by atoms with Crippen molar-refractivity contribution in [2.24, 2.45) is 12.9 Å². The van der Waals surface area contributed by atoms with Crippen LogP contribution in [0.5, 0.6) is 0 Å². The van der Waals surface area contributed by atoms with Gasteiger partial charge in [-0.05, 0) is 12.8 Å². The van der Waals surface area contributed by atoms with Gasteiger partial charge in [-0.2, -0.15) is 0 Å². The summed E-state index contributed by atoms with van der Waals surface area (Å²) in [7, 11) is 1.85. The number of hydrogen-bond acceptors (Lipinski definition) is 5. The molecule has 16 heavy (non-hydrogen) atoms. The van der Waals surface area contributed by atoms with Crippen LogP contribution in [-0.4, -0.2) is 34.2 Å². The van der Waals surface area contributed by atoms with E-state index in [9.17, 15) is 0 Å². The summed E-state index contributed by atoms with van der Waals surface area (Å²) in [5.74, 6) is 5.48. The summed E-state index contributed by atoms with van der Waals surface area (Å²) in [6.45, 7) is 3.63. The number of rotatable bonds is 8. The van der Waals surface area contributed by atoms with E-state index in [1.807, 2.05) is 13.2 Å². The average Bonchev–Trinajstić information content (AvgIpc) is 2.68. The summed E-state index contributed by atoms with van der Waals surface area (Å²) >= 11 is 0. The molecule has 6 nitrogen and oxygen atoms in total. The SMILES string of the molecule is CCCOCCC(Cc1cn(C)nn1)NN. The molecule has 0 amide bonds. The molecule has 0 saturated heterocycles. The molecule has 0 aliphatic rings. The number of nitrogens with one attached hydrogen (secondary N) is 1. The maximum absolute atomic E-state index is 5.48. The highest BCUT2D eigenvalue weighted by Crippen LogP contribution is 2.01. The minimum Gasteiger partial charge on any atom is -0.381 e. The molecule has 3 N–H and O–H groups in total. The second kappa shape index (κ2) is 7.32. The molecule has 92 valence electrons. The van der Waals surface area contributed by atoms with Gasteiger partial charge in [0.05, 0.1) is 5.69 Å². The molecule has 1 atom stereocenters. The number of aromatic nitrogens is 3. The van der Waals surface area contributed by atoms with E-state index in [2.05, 4.69) is 22.7 Å². The molecule has 0 aromatic carbocycles. The summed E-state index contributed by atoms with van der Waals surface area (Å²) in [6.07, 6.45) is 4.61. The van der Waals surface area contributed by atoms with E-state index in [0.29, 0.717) is 0 Å². The normalized spacial score (nSPS) is 12.9. The van der Waals surface area contributed by atoms with Gasteiger partial charge in [0.2, 0.25) is 0 Å². The number of nitrogens with zero attached hydrogens (tertiary/aromatic N) is 3. The van der Waals surface area contributed by atoms with Crippen molar-refractivity contribution in [3.05, 3.63) is 11.9 Å². The van der Waals surface area contributed by atoms with Crippen LogP contribution >= 0.6 is 0 Å². The van der Waals surface area contributed by atoms with E-state index in [1.165, 1.54) is 0 Å². The van der Waals surface area contributed by atoms with Gasteiger partial charge in [-0.25, -0.2) is 0 Å². The topological polar surface area (TPSA) is 78.0 Å². The van der Waals surface area contributed by atoms with E-state index in [-0.39, 0.29) is 6.04 Å². The van der Waals surface area contributed by atoms with Crippen molar-refractivity contribution in [2.75, 3.05) is 13.2 Å². The predicted octanol–water partition coefficient (Wildman–Crippen LogP) is 0.00620. The molecule has 1 unspecified atom stereocenters. The number of aryl methyl sites for hydroxylation is 1. The van der Waals surface area contributed by atoms with Gasteiger partial charge in [0.25, 0.3) is 0 Å². The van der Waals surface area contributed by atoms with Crippen LogP contribution in [0.3, 0.4) is 0 Å². The summed E-state index contributed by atoms with van der Waals surface area (Å²) in [4.78, 5) is 0. The quantitative estimate of drug-likeness (QED) is 0.371. The Morgan fingerprint density at radius 2 is 2.38 bits per heavy atom. The van der Waals surface area contributed by atoms with Crippen LogP contribution < -0.4 is 11.3 Å². The minimum atomic E-state index is 0.188. The fourth-order valence-corrected chi connectivity index (χ4v) is 1.46. The molecule has 1 heterocycles. The standard InChI is InChI=1S/C10H21N5O/c1-3-5-16-6-4-9(12-11)7-10-8-15(2)14-13-10/h8-9,12H,3-7,11H2,1-2H3. The molecule has 1 aromatic heterocycles. The van der Waals surface area contributed by atoms with E-state index in [1.54, 1.807) is 4.68 Å². The van der Waals surface area contributed by atoms with Crippen LogP contribution in [0.4, 0.5) is 0 Å². The van der Waals surface area contributed by atoms with Gasteiger partial charge in [-0.15, -0.1) is 5.10 Å². The molecule has 1 rings (SSSR count).